The highest BCUT2D eigenvalue weighted by Gasteiger charge is 2.25. The third-order valence-corrected chi connectivity index (χ3v) is 1.74. The minimum atomic E-state index is -0.0276. The average Bonchev–Trinajstić information content (AvgIpc) is 2.21. The van der Waals surface area contributed by atoms with Crippen LogP contribution in [0.25, 0.3) is 0 Å². The molecule has 0 fully saturated rings. The lowest BCUT2D eigenvalue weighted by Crippen LogP contribution is -2.33. The molecule has 2 nitrogen and oxygen atoms in total. The van der Waals surface area contributed by atoms with Crippen LogP contribution in [0.3, 0.4) is 0 Å². The third kappa shape index (κ3) is 1.04. The summed E-state index contributed by atoms with van der Waals surface area (Å²) in [6, 6.07) is 9.07. The van der Waals surface area contributed by atoms with Gasteiger partial charge >= 0.3 is 0 Å². The second kappa shape index (κ2) is 1.91. The van der Waals surface area contributed by atoms with E-state index in [2.05, 4.69) is 30.5 Å². The molecule has 1 aromatic carbocycles. The molecule has 11 heavy (non-hydrogen) atoms. The van der Waals surface area contributed by atoms with Crippen LogP contribution < -0.4 is 10.6 Å². The lowest BCUT2D eigenvalue weighted by molar-refractivity contribution is 0.675. The molecule has 0 spiro atoms. The van der Waals surface area contributed by atoms with E-state index in [0.717, 1.165) is 11.4 Å². The predicted molar refractivity (Wildman–Crippen MR) is 46.6 cm³/mol. The maximum absolute atomic E-state index is 3.33. The Hall–Kier alpha value is -1.18. The molecular formula is C9H11N2. The molecule has 57 valence electrons. The summed E-state index contributed by atoms with van der Waals surface area (Å²) in [5.41, 5.74) is 2.18. The minimum Gasteiger partial charge on any atom is -0.362 e. The zero-order chi connectivity index (χ0) is 7.90. The van der Waals surface area contributed by atoms with Crippen molar-refractivity contribution >= 4 is 11.4 Å². The number of hydrogen-bond acceptors (Lipinski definition) is 2. The molecule has 0 unspecified atom stereocenters. The maximum atomic E-state index is 3.33. The summed E-state index contributed by atoms with van der Waals surface area (Å²) in [4.78, 5) is 0. The number of fused-ring (bicyclic) bond motifs is 1. The Labute approximate surface area is 66.6 Å². The van der Waals surface area contributed by atoms with Gasteiger partial charge in [-0.15, -0.1) is 0 Å². The molecule has 2 N–H and O–H groups in total. The average molecular weight is 147 g/mol. The lowest BCUT2D eigenvalue weighted by Gasteiger charge is -2.19. The molecule has 2 rings (SSSR count). The van der Waals surface area contributed by atoms with E-state index in [1.807, 2.05) is 18.2 Å². The maximum Gasteiger partial charge on any atom is 0.102 e. The Kier molecular flexibility index (Phi) is 1.13. The van der Waals surface area contributed by atoms with Crippen molar-refractivity contribution < 1.29 is 0 Å². The van der Waals surface area contributed by atoms with Gasteiger partial charge in [0.05, 0.1) is 11.4 Å². The standard InChI is InChI=1S/C9H11N2/c1-9(2)10-7-5-3-4-6-8(7)11-9/h3-5,10-11H,1-2H3. The van der Waals surface area contributed by atoms with E-state index in [4.69, 9.17) is 0 Å². The molecular weight excluding hydrogens is 136 g/mol. The van der Waals surface area contributed by atoms with Crippen molar-refractivity contribution in [1.82, 2.24) is 0 Å². The molecule has 0 atom stereocenters. The minimum absolute atomic E-state index is 0.0276. The lowest BCUT2D eigenvalue weighted by atomic mass is 10.3. The fourth-order valence-corrected chi connectivity index (χ4v) is 1.32. The summed E-state index contributed by atoms with van der Waals surface area (Å²) in [7, 11) is 0. The number of benzene rings is 1. The zero-order valence-electron chi connectivity index (χ0n) is 6.73. The topological polar surface area (TPSA) is 24.1 Å². The van der Waals surface area contributed by atoms with Crippen molar-refractivity contribution in [2.75, 3.05) is 10.6 Å². The van der Waals surface area contributed by atoms with Crippen LogP contribution in [-0.4, -0.2) is 5.66 Å². The van der Waals surface area contributed by atoms with Crippen molar-refractivity contribution in [3.8, 4) is 0 Å². The first-order valence-electron chi connectivity index (χ1n) is 3.74. The SMILES string of the molecule is CC1(C)Nc2[c]cccc2N1. The van der Waals surface area contributed by atoms with Crippen molar-refractivity contribution in [3.63, 3.8) is 0 Å². The first-order valence-corrected chi connectivity index (χ1v) is 3.74. The molecule has 0 aromatic heterocycles. The Morgan fingerprint density at radius 3 is 2.91 bits per heavy atom. The van der Waals surface area contributed by atoms with E-state index in [1.165, 1.54) is 0 Å². The fourth-order valence-electron chi connectivity index (χ4n) is 1.32. The normalized spacial score (nSPS) is 18.4. The number of nitrogens with one attached hydrogen (secondary N) is 2. The fraction of sp³-hybridized carbons (Fsp3) is 0.333. The Morgan fingerprint density at radius 2 is 2.18 bits per heavy atom. The highest BCUT2D eigenvalue weighted by Crippen LogP contribution is 2.32. The van der Waals surface area contributed by atoms with E-state index in [9.17, 15) is 0 Å². The van der Waals surface area contributed by atoms with Gasteiger partial charge in [0.1, 0.15) is 5.66 Å². The molecule has 1 heterocycles. The van der Waals surface area contributed by atoms with E-state index >= 15 is 0 Å². The molecule has 0 bridgehead atoms. The van der Waals surface area contributed by atoms with Gasteiger partial charge in [0.15, 0.2) is 0 Å². The molecule has 1 aliphatic heterocycles. The number of hydrogen-bond donors (Lipinski definition) is 2. The molecule has 1 radical (unpaired) electrons. The third-order valence-electron chi connectivity index (χ3n) is 1.74. The van der Waals surface area contributed by atoms with Crippen LogP contribution in [0, 0.1) is 6.07 Å². The van der Waals surface area contributed by atoms with Gasteiger partial charge < -0.3 is 10.6 Å². The van der Waals surface area contributed by atoms with Gasteiger partial charge in [-0.1, -0.05) is 12.1 Å². The smallest absolute Gasteiger partial charge is 0.102 e. The molecule has 0 saturated carbocycles. The van der Waals surface area contributed by atoms with Crippen molar-refractivity contribution in [2.45, 2.75) is 19.5 Å². The second-order valence-electron chi connectivity index (χ2n) is 3.33. The Bertz CT molecular complexity index is 252. The highest BCUT2D eigenvalue weighted by atomic mass is 15.2. The van der Waals surface area contributed by atoms with Crippen LogP contribution >= 0.6 is 0 Å². The highest BCUT2D eigenvalue weighted by molar-refractivity contribution is 5.74. The molecule has 1 aliphatic rings. The number of para-hydroxylation sites is 1. The number of anilines is 2. The Balaban J connectivity index is 2.41. The molecule has 0 aliphatic carbocycles. The summed E-state index contributed by atoms with van der Waals surface area (Å²) in [6.45, 7) is 4.20. The monoisotopic (exact) mass is 147 g/mol. The summed E-state index contributed by atoms with van der Waals surface area (Å²) in [5.74, 6) is 0. The van der Waals surface area contributed by atoms with Gasteiger partial charge in [-0.25, -0.2) is 0 Å². The van der Waals surface area contributed by atoms with Crippen LogP contribution in [0.2, 0.25) is 0 Å². The van der Waals surface area contributed by atoms with Gasteiger partial charge in [0, 0.05) is 6.07 Å². The first kappa shape index (κ1) is 6.53. The largest absolute Gasteiger partial charge is 0.362 e. The second-order valence-corrected chi connectivity index (χ2v) is 3.33. The summed E-state index contributed by atoms with van der Waals surface area (Å²) < 4.78 is 0. The quantitative estimate of drug-likeness (QED) is 0.587. The van der Waals surface area contributed by atoms with Crippen LogP contribution in [0.15, 0.2) is 18.2 Å². The zero-order valence-corrected chi connectivity index (χ0v) is 6.73. The van der Waals surface area contributed by atoms with Crippen molar-refractivity contribution in [2.24, 2.45) is 0 Å². The van der Waals surface area contributed by atoms with Crippen molar-refractivity contribution in [1.29, 1.82) is 0 Å². The summed E-state index contributed by atoms with van der Waals surface area (Å²) in [6.07, 6.45) is 0. The van der Waals surface area contributed by atoms with Gasteiger partial charge in [-0.3, -0.25) is 0 Å². The van der Waals surface area contributed by atoms with Crippen molar-refractivity contribution in [3.05, 3.63) is 24.3 Å². The van der Waals surface area contributed by atoms with E-state index in [-0.39, 0.29) is 5.66 Å². The molecule has 0 saturated heterocycles. The van der Waals surface area contributed by atoms with Gasteiger partial charge in [0.25, 0.3) is 0 Å². The Morgan fingerprint density at radius 1 is 1.36 bits per heavy atom. The van der Waals surface area contributed by atoms with E-state index in [1.54, 1.807) is 0 Å². The first-order chi connectivity index (χ1) is 5.17. The van der Waals surface area contributed by atoms with Gasteiger partial charge in [-0.2, -0.15) is 0 Å². The predicted octanol–water partition coefficient (Wildman–Crippen LogP) is 2.06. The van der Waals surface area contributed by atoms with Crippen LogP contribution in [-0.2, 0) is 0 Å². The molecule has 0 amide bonds. The molecule has 2 heteroatoms. The van der Waals surface area contributed by atoms with Gasteiger partial charge in [-0.05, 0) is 19.9 Å². The summed E-state index contributed by atoms with van der Waals surface area (Å²) >= 11 is 0. The van der Waals surface area contributed by atoms with Crippen LogP contribution in [0.1, 0.15) is 13.8 Å². The van der Waals surface area contributed by atoms with Gasteiger partial charge in [0.2, 0.25) is 0 Å². The van der Waals surface area contributed by atoms with E-state index < -0.39 is 0 Å². The van der Waals surface area contributed by atoms with Crippen LogP contribution in [0.4, 0.5) is 11.4 Å². The van der Waals surface area contributed by atoms with Crippen LogP contribution in [0.5, 0.6) is 0 Å². The summed E-state index contributed by atoms with van der Waals surface area (Å²) in [5, 5.41) is 6.64. The number of rotatable bonds is 0. The molecule has 1 aromatic rings. The van der Waals surface area contributed by atoms with E-state index in [0.29, 0.717) is 0 Å².